The molecule has 0 fully saturated rings. The number of fused-ring (bicyclic) bond motifs is 1. The summed E-state index contributed by atoms with van der Waals surface area (Å²) in [5.74, 6) is -1.26. The van der Waals surface area contributed by atoms with Gasteiger partial charge >= 0.3 is 5.97 Å². The van der Waals surface area contributed by atoms with Crippen molar-refractivity contribution in [3.05, 3.63) is 65.2 Å². The molecular weight excluding hydrogens is 350 g/mol. The Hall–Kier alpha value is -3.48. The molecule has 0 bridgehead atoms. The number of amides is 2. The highest BCUT2D eigenvalue weighted by molar-refractivity contribution is 6.21. The van der Waals surface area contributed by atoms with Gasteiger partial charge in [0.15, 0.2) is 12.4 Å². The Morgan fingerprint density at radius 3 is 2.07 bits per heavy atom. The first kappa shape index (κ1) is 18.3. The molecule has 0 radical (unpaired) electrons. The maximum atomic E-state index is 12.2. The van der Waals surface area contributed by atoms with E-state index in [-0.39, 0.29) is 18.7 Å². The molecule has 0 spiro atoms. The van der Waals surface area contributed by atoms with Crippen LogP contribution in [0.5, 0.6) is 5.75 Å². The van der Waals surface area contributed by atoms with Crippen molar-refractivity contribution in [2.24, 2.45) is 0 Å². The number of carbonyl (C=O) groups excluding carboxylic acids is 4. The minimum atomic E-state index is -0.659. The van der Waals surface area contributed by atoms with Gasteiger partial charge in [-0.25, -0.2) is 0 Å². The van der Waals surface area contributed by atoms with Gasteiger partial charge in [-0.05, 0) is 36.4 Å². The monoisotopic (exact) mass is 367 g/mol. The molecule has 0 saturated carbocycles. The summed E-state index contributed by atoms with van der Waals surface area (Å²) in [6, 6.07) is 12.9. The lowest BCUT2D eigenvalue weighted by Crippen LogP contribution is -2.32. The third-order valence-electron chi connectivity index (χ3n) is 4.19. The second-order valence-electron chi connectivity index (χ2n) is 5.87. The summed E-state index contributed by atoms with van der Waals surface area (Å²) in [5.41, 5.74) is 1.04. The van der Waals surface area contributed by atoms with Gasteiger partial charge in [-0.2, -0.15) is 0 Å². The maximum absolute atomic E-state index is 12.2. The first-order valence-electron chi connectivity index (χ1n) is 8.29. The molecule has 3 rings (SSSR count). The molecule has 0 unspecified atom stereocenters. The van der Waals surface area contributed by atoms with Crippen molar-refractivity contribution in [3.63, 3.8) is 0 Å². The van der Waals surface area contributed by atoms with Crippen molar-refractivity contribution < 1.29 is 28.7 Å². The van der Waals surface area contributed by atoms with E-state index >= 15 is 0 Å². The van der Waals surface area contributed by atoms with E-state index in [4.69, 9.17) is 9.47 Å². The van der Waals surface area contributed by atoms with E-state index < -0.39 is 24.4 Å². The molecule has 1 aliphatic heterocycles. The van der Waals surface area contributed by atoms with E-state index in [0.717, 1.165) is 4.90 Å². The van der Waals surface area contributed by atoms with Crippen molar-refractivity contribution in [2.75, 3.05) is 20.3 Å². The van der Waals surface area contributed by atoms with Crippen LogP contribution in [0.15, 0.2) is 48.5 Å². The van der Waals surface area contributed by atoms with E-state index in [1.54, 1.807) is 48.5 Å². The van der Waals surface area contributed by atoms with Gasteiger partial charge in [0.2, 0.25) is 0 Å². The Bertz CT molecular complexity index is 868. The van der Waals surface area contributed by atoms with Crippen molar-refractivity contribution >= 4 is 23.6 Å². The summed E-state index contributed by atoms with van der Waals surface area (Å²) in [4.78, 5) is 49.3. The normalized spacial score (nSPS) is 12.7. The number of ketones is 1. The van der Waals surface area contributed by atoms with Gasteiger partial charge in [-0.3, -0.25) is 24.1 Å². The second-order valence-corrected chi connectivity index (χ2v) is 5.87. The van der Waals surface area contributed by atoms with Gasteiger partial charge in [-0.1, -0.05) is 12.1 Å². The fraction of sp³-hybridized carbons (Fsp3) is 0.200. The van der Waals surface area contributed by atoms with Crippen molar-refractivity contribution in [3.8, 4) is 5.75 Å². The minimum absolute atomic E-state index is 0.0953. The number of nitrogens with zero attached hydrogens (tertiary/aromatic N) is 1. The molecule has 0 atom stereocenters. The van der Waals surface area contributed by atoms with Crippen LogP contribution in [0.4, 0.5) is 0 Å². The SMILES string of the molecule is COc1ccc(C(=O)COC(=O)CCN2C(=O)c3ccccc3C2=O)cc1. The van der Waals surface area contributed by atoms with Crippen LogP contribution in [0.2, 0.25) is 0 Å². The maximum Gasteiger partial charge on any atom is 0.308 e. The van der Waals surface area contributed by atoms with Crippen LogP contribution in [0.25, 0.3) is 0 Å². The highest BCUT2D eigenvalue weighted by Gasteiger charge is 2.35. The molecule has 2 aromatic carbocycles. The van der Waals surface area contributed by atoms with Crippen molar-refractivity contribution in [1.29, 1.82) is 0 Å². The number of esters is 1. The van der Waals surface area contributed by atoms with Crippen LogP contribution in [0.1, 0.15) is 37.5 Å². The van der Waals surface area contributed by atoms with Crippen molar-refractivity contribution in [2.45, 2.75) is 6.42 Å². The molecule has 2 amide bonds. The number of ether oxygens (including phenoxy) is 2. The number of hydrogen-bond donors (Lipinski definition) is 0. The molecule has 27 heavy (non-hydrogen) atoms. The zero-order chi connectivity index (χ0) is 19.4. The number of Topliss-reactive ketones (excluding diaryl/α,β-unsaturated/α-hetero) is 1. The van der Waals surface area contributed by atoms with Gasteiger partial charge in [0, 0.05) is 12.1 Å². The summed E-state index contributed by atoms with van der Waals surface area (Å²) in [7, 11) is 1.52. The number of methoxy groups -OCH3 is 1. The fourth-order valence-electron chi connectivity index (χ4n) is 2.72. The zero-order valence-electron chi connectivity index (χ0n) is 14.6. The average molecular weight is 367 g/mol. The van der Waals surface area contributed by atoms with Gasteiger partial charge in [0.1, 0.15) is 5.75 Å². The molecule has 1 aliphatic rings. The Kier molecular flexibility index (Phi) is 5.30. The Morgan fingerprint density at radius 1 is 0.926 bits per heavy atom. The highest BCUT2D eigenvalue weighted by atomic mass is 16.5. The van der Waals surface area contributed by atoms with Crippen LogP contribution in [0.3, 0.4) is 0 Å². The van der Waals surface area contributed by atoms with Crippen LogP contribution in [0, 0.1) is 0 Å². The first-order valence-corrected chi connectivity index (χ1v) is 8.29. The number of benzene rings is 2. The largest absolute Gasteiger partial charge is 0.497 e. The van der Waals surface area contributed by atoms with E-state index in [0.29, 0.717) is 22.4 Å². The lowest BCUT2D eigenvalue weighted by molar-refractivity contribution is -0.142. The van der Waals surface area contributed by atoms with Crippen molar-refractivity contribution in [1.82, 2.24) is 4.90 Å². The summed E-state index contributed by atoms with van der Waals surface area (Å²) < 4.78 is 9.97. The number of carbonyl (C=O) groups is 4. The van der Waals surface area contributed by atoms with Crippen LogP contribution >= 0.6 is 0 Å². The molecule has 2 aromatic rings. The predicted octanol–water partition coefficient (Wildman–Crippen LogP) is 2.11. The van der Waals surface area contributed by atoms with Gasteiger partial charge in [-0.15, -0.1) is 0 Å². The van der Waals surface area contributed by atoms with Gasteiger partial charge in [0.25, 0.3) is 11.8 Å². The molecule has 7 nitrogen and oxygen atoms in total. The zero-order valence-corrected chi connectivity index (χ0v) is 14.6. The summed E-state index contributed by atoms with van der Waals surface area (Å²) in [6.45, 7) is -0.505. The highest BCUT2D eigenvalue weighted by Crippen LogP contribution is 2.22. The molecule has 0 saturated heterocycles. The average Bonchev–Trinajstić information content (AvgIpc) is 2.95. The van der Waals surface area contributed by atoms with E-state index in [1.165, 1.54) is 7.11 Å². The summed E-state index contributed by atoms with van der Waals surface area (Å²) >= 11 is 0. The third kappa shape index (κ3) is 3.87. The minimum Gasteiger partial charge on any atom is -0.497 e. The van der Waals surface area contributed by atoms with E-state index in [1.807, 2.05) is 0 Å². The van der Waals surface area contributed by atoms with Crippen LogP contribution in [-0.2, 0) is 9.53 Å². The molecule has 7 heteroatoms. The predicted molar refractivity (Wildman–Crippen MR) is 94.7 cm³/mol. The second kappa shape index (κ2) is 7.82. The quantitative estimate of drug-likeness (QED) is 0.423. The Balaban J connectivity index is 1.49. The molecule has 138 valence electrons. The fourth-order valence-corrected chi connectivity index (χ4v) is 2.72. The Labute approximate surface area is 155 Å². The number of hydrogen-bond acceptors (Lipinski definition) is 6. The lowest BCUT2D eigenvalue weighted by atomic mass is 10.1. The number of rotatable bonds is 7. The first-order chi connectivity index (χ1) is 13.0. The van der Waals surface area contributed by atoms with E-state index in [2.05, 4.69) is 0 Å². The molecule has 1 heterocycles. The van der Waals surface area contributed by atoms with Crippen LogP contribution < -0.4 is 4.74 Å². The summed E-state index contributed by atoms with van der Waals surface area (Å²) in [6.07, 6.45) is -0.179. The summed E-state index contributed by atoms with van der Waals surface area (Å²) in [5, 5.41) is 0. The molecule has 0 aliphatic carbocycles. The molecule has 0 aromatic heterocycles. The third-order valence-corrected chi connectivity index (χ3v) is 4.19. The van der Waals surface area contributed by atoms with Gasteiger partial charge in [0.05, 0.1) is 24.7 Å². The number of imide groups is 1. The molecular formula is C20H17NO6. The molecule has 0 N–H and O–H groups in total. The van der Waals surface area contributed by atoms with E-state index in [9.17, 15) is 19.2 Å². The van der Waals surface area contributed by atoms with Gasteiger partial charge < -0.3 is 9.47 Å². The Morgan fingerprint density at radius 2 is 1.52 bits per heavy atom. The topological polar surface area (TPSA) is 90.0 Å². The van der Waals surface area contributed by atoms with Crippen LogP contribution in [-0.4, -0.2) is 48.7 Å². The smallest absolute Gasteiger partial charge is 0.308 e. The standard InChI is InChI=1S/C20H17NO6/c1-26-14-8-6-13(7-9-14)17(22)12-27-18(23)10-11-21-19(24)15-4-2-3-5-16(15)20(21)25/h2-9H,10-12H2,1H3. The lowest BCUT2D eigenvalue weighted by Gasteiger charge is -2.13.